The van der Waals surface area contributed by atoms with E-state index in [1.165, 1.54) is 50.1 Å². The van der Waals surface area contributed by atoms with Crippen LogP contribution >= 0.6 is 23.1 Å². The Kier molecular flexibility index (Phi) is 7.30. The molecule has 0 saturated carbocycles. The first-order valence-corrected chi connectivity index (χ1v) is 10.9. The van der Waals surface area contributed by atoms with Crippen LogP contribution < -0.4 is 5.32 Å². The van der Waals surface area contributed by atoms with Gasteiger partial charge in [-0.1, -0.05) is 23.1 Å². The van der Waals surface area contributed by atoms with Gasteiger partial charge in [-0.05, 0) is 31.2 Å². The third-order valence-corrected chi connectivity index (χ3v) is 6.92. The molecule has 0 radical (unpaired) electrons. The van der Waals surface area contributed by atoms with Gasteiger partial charge in [0.2, 0.25) is 15.2 Å². The third kappa shape index (κ3) is 5.73. The maximum Gasteiger partial charge on any atom is 0.316 e. The molecule has 1 aromatic carbocycles. The molecule has 0 aliphatic heterocycles. The fraction of sp³-hybridized carbons (Fsp3) is 0.333. The van der Waals surface area contributed by atoms with E-state index in [9.17, 15) is 18.0 Å². The van der Waals surface area contributed by atoms with Gasteiger partial charge in [-0.25, -0.2) is 12.7 Å². The number of aromatic nitrogens is 2. The molecule has 0 fully saturated rings. The Labute approximate surface area is 165 Å². The van der Waals surface area contributed by atoms with E-state index in [4.69, 9.17) is 4.74 Å². The fourth-order valence-electron chi connectivity index (χ4n) is 1.80. The zero-order valence-corrected chi connectivity index (χ0v) is 17.3. The Morgan fingerprint density at radius 3 is 2.48 bits per heavy atom. The maximum absolute atomic E-state index is 12.3. The minimum absolute atomic E-state index is 0.0950. The molecule has 0 aliphatic rings. The van der Waals surface area contributed by atoms with Crippen molar-refractivity contribution in [3.8, 4) is 0 Å². The fourth-order valence-corrected chi connectivity index (χ4v) is 4.25. The minimum Gasteiger partial charge on any atom is -0.465 e. The lowest BCUT2D eigenvalue weighted by atomic mass is 10.2. The van der Waals surface area contributed by atoms with Gasteiger partial charge in [0.25, 0.3) is 5.91 Å². The second-order valence-corrected chi connectivity index (χ2v) is 9.58. The molecule has 0 bridgehead atoms. The van der Waals surface area contributed by atoms with Crippen molar-refractivity contribution in [2.75, 3.05) is 31.8 Å². The Hall–Kier alpha value is -2.02. The van der Waals surface area contributed by atoms with Crippen LogP contribution in [0.3, 0.4) is 0 Å². The average Bonchev–Trinajstić information content (AvgIpc) is 3.07. The number of nitrogens with zero attached hydrogens (tertiary/aromatic N) is 3. The van der Waals surface area contributed by atoms with Crippen LogP contribution in [0.4, 0.5) is 5.13 Å². The number of esters is 1. The summed E-state index contributed by atoms with van der Waals surface area (Å²) in [5, 5.41) is 10.6. The predicted octanol–water partition coefficient (Wildman–Crippen LogP) is 1.70. The Morgan fingerprint density at radius 1 is 1.22 bits per heavy atom. The number of anilines is 1. The summed E-state index contributed by atoms with van der Waals surface area (Å²) >= 11 is 2.29. The molecule has 0 aliphatic carbocycles. The van der Waals surface area contributed by atoms with Gasteiger partial charge in [-0.2, -0.15) is 0 Å². The molecule has 1 heterocycles. The first-order chi connectivity index (χ1) is 12.7. The molecule has 0 unspecified atom stereocenters. The van der Waals surface area contributed by atoms with Gasteiger partial charge in [0, 0.05) is 19.7 Å². The van der Waals surface area contributed by atoms with Crippen LogP contribution in [-0.4, -0.2) is 61.3 Å². The Balaban J connectivity index is 1.98. The summed E-state index contributed by atoms with van der Waals surface area (Å²) in [6.07, 6.45) is 0. The van der Waals surface area contributed by atoms with E-state index in [-0.39, 0.29) is 27.3 Å². The lowest BCUT2D eigenvalue weighted by Gasteiger charge is -2.11. The van der Waals surface area contributed by atoms with Crippen molar-refractivity contribution in [1.29, 1.82) is 0 Å². The van der Waals surface area contributed by atoms with Crippen LogP contribution in [0, 0.1) is 0 Å². The topological polar surface area (TPSA) is 119 Å². The Bertz CT molecular complexity index is 910. The quantitative estimate of drug-likeness (QED) is 0.382. The molecule has 146 valence electrons. The Morgan fingerprint density at radius 2 is 1.89 bits per heavy atom. The van der Waals surface area contributed by atoms with Crippen molar-refractivity contribution in [3.63, 3.8) is 0 Å². The smallest absolute Gasteiger partial charge is 0.316 e. The van der Waals surface area contributed by atoms with Gasteiger partial charge in [0.1, 0.15) is 0 Å². The normalized spacial score (nSPS) is 11.4. The zero-order valence-electron chi connectivity index (χ0n) is 14.8. The highest BCUT2D eigenvalue weighted by Gasteiger charge is 2.18. The van der Waals surface area contributed by atoms with Crippen LogP contribution in [0.15, 0.2) is 33.5 Å². The minimum atomic E-state index is -3.55. The van der Waals surface area contributed by atoms with E-state index >= 15 is 0 Å². The van der Waals surface area contributed by atoms with Crippen molar-refractivity contribution in [1.82, 2.24) is 14.5 Å². The maximum atomic E-state index is 12.3. The number of ether oxygens (including phenoxy) is 1. The summed E-state index contributed by atoms with van der Waals surface area (Å²) in [5.41, 5.74) is 0.281. The molecule has 2 rings (SSSR count). The lowest BCUT2D eigenvalue weighted by molar-refractivity contribution is -0.139. The van der Waals surface area contributed by atoms with E-state index < -0.39 is 15.9 Å². The first-order valence-electron chi connectivity index (χ1n) is 7.70. The number of sulfonamides is 1. The number of benzene rings is 1. The van der Waals surface area contributed by atoms with Crippen LogP contribution in [0.5, 0.6) is 0 Å². The van der Waals surface area contributed by atoms with Gasteiger partial charge in [-0.15, -0.1) is 10.2 Å². The molecule has 0 saturated heterocycles. The van der Waals surface area contributed by atoms with Crippen molar-refractivity contribution >= 4 is 50.1 Å². The third-order valence-electron chi connectivity index (χ3n) is 3.14. The second-order valence-electron chi connectivity index (χ2n) is 5.23. The molecule has 2 aromatic rings. The predicted molar refractivity (Wildman–Crippen MR) is 103 cm³/mol. The van der Waals surface area contributed by atoms with Gasteiger partial charge in [0.05, 0.1) is 17.3 Å². The van der Waals surface area contributed by atoms with Crippen LogP contribution in [0.25, 0.3) is 0 Å². The summed E-state index contributed by atoms with van der Waals surface area (Å²) in [5.74, 6) is -0.684. The lowest BCUT2D eigenvalue weighted by Crippen LogP contribution is -2.22. The molecule has 1 aromatic heterocycles. The van der Waals surface area contributed by atoms with E-state index in [0.717, 1.165) is 15.6 Å². The summed E-state index contributed by atoms with van der Waals surface area (Å²) in [6.45, 7) is 2.04. The van der Waals surface area contributed by atoms with Crippen molar-refractivity contribution < 1.29 is 22.7 Å². The molecule has 0 spiro atoms. The van der Waals surface area contributed by atoms with E-state index in [1.807, 2.05) is 0 Å². The number of hydrogen-bond donors (Lipinski definition) is 1. The van der Waals surface area contributed by atoms with Crippen molar-refractivity contribution in [3.05, 3.63) is 29.8 Å². The number of hydrogen-bond acceptors (Lipinski definition) is 9. The van der Waals surface area contributed by atoms with Gasteiger partial charge in [0.15, 0.2) is 4.34 Å². The van der Waals surface area contributed by atoms with E-state index in [2.05, 4.69) is 15.5 Å². The van der Waals surface area contributed by atoms with E-state index in [0.29, 0.717) is 10.9 Å². The molecule has 27 heavy (non-hydrogen) atoms. The van der Waals surface area contributed by atoms with Gasteiger partial charge in [-0.3, -0.25) is 14.9 Å². The zero-order chi connectivity index (χ0) is 20.0. The molecule has 0 atom stereocenters. The molecular formula is C15H18N4O5S3. The summed E-state index contributed by atoms with van der Waals surface area (Å²) in [7, 11) is -0.685. The second kappa shape index (κ2) is 9.26. The average molecular weight is 431 g/mol. The number of carbonyl (C=O) groups is 2. The number of carbonyl (C=O) groups excluding carboxylic acids is 2. The monoisotopic (exact) mass is 430 g/mol. The van der Waals surface area contributed by atoms with Crippen molar-refractivity contribution in [2.24, 2.45) is 0 Å². The van der Waals surface area contributed by atoms with E-state index in [1.54, 1.807) is 6.92 Å². The largest absolute Gasteiger partial charge is 0.465 e. The highest BCUT2D eigenvalue weighted by atomic mass is 32.2. The van der Waals surface area contributed by atoms with Crippen LogP contribution in [-0.2, 0) is 19.6 Å². The standard InChI is InChI=1S/C15H18N4O5S3/c1-4-24-12(20)9-25-15-18-17-14(26-15)16-13(21)10-5-7-11(8-6-10)27(22,23)19(2)3/h5-8H,4,9H2,1-3H3,(H,16,17,21). The number of amides is 1. The summed E-state index contributed by atoms with van der Waals surface area (Å²) in [6, 6.07) is 5.57. The highest BCUT2D eigenvalue weighted by Crippen LogP contribution is 2.26. The molecule has 12 heteroatoms. The van der Waals surface area contributed by atoms with Crippen LogP contribution in [0.2, 0.25) is 0 Å². The highest BCUT2D eigenvalue weighted by molar-refractivity contribution is 8.01. The number of thioether (sulfide) groups is 1. The number of nitrogens with one attached hydrogen (secondary N) is 1. The molecule has 1 N–H and O–H groups in total. The van der Waals surface area contributed by atoms with Gasteiger partial charge < -0.3 is 4.74 Å². The molecule has 1 amide bonds. The summed E-state index contributed by atoms with van der Waals surface area (Å²) < 4.78 is 30.5. The SMILES string of the molecule is CCOC(=O)CSc1nnc(NC(=O)c2ccc(S(=O)(=O)N(C)C)cc2)s1. The molecular weight excluding hydrogens is 412 g/mol. The van der Waals surface area contributed by atoms with Gasteiger partial charge >= 0.3 is 5.97 Å². The summed E-state index contributed by atoms with van der Waals surface area (Å²) in [4.78, 5) is 23.7. The first kappa shape index (κ1) is 21.3. The molecule has 9 nitrogen and oxygen atoms in total. The van der Waals surface area contributed by atoms with Crippen LogP contribution in [0.1, 0.15) is 17.3 Å². The number of rotatable bonds is 8. The van der Waals surface area contributed by atoms with Crippen molar-refractivity contribution in [2.45, 2.75) is 16.2 Å².